The normalized spacial score (nSPS) is 10.5. The highest BCUT2D eigenvalue weighted by Gasteiger charge is 2.13. The van der Waals surface area contributed by atoms with E-state index in [0.717, 1.165) is 5.39 Å². The van der Waals surface area contributed by atoms with Crippen LogP contribution < -0.4 is 10.9 Å². The topological polar surface area (TPSA) is 97.4 Å². The summed E-state index contributed by atoms with van der Waals surface area (Å²) in [6, 6.07) is 10.3. The maximum Gasteiger partial charge on any atom is 0.305 e. The summed E-state index contributed by atoms with van der Waals surface area (Å²) in [4.78, 5) is 23.4. The number of nitrogens with one attached hydrogen (secondary N) is 2. The van der Waals surface area contributed by atoms with Gasteiger partial charge in [-0.25, -0.2) is 0 Å². The van der Waals surface area contributed by atoms with E-state index >= 15 is 0 Å². The van der Waals surface area contributed by atoms with Crippen molar-refractivity contribution in [2.75, 3.05) is 0 Å². The molecule has 3 aromatic rings. The predicted molar refractivity (Wildman–Crippen MR) is 72.0 cm³/mol. The molecule has 0 saturated carbocycles. The van der Waals surface area contributed by atoms with Crippen LogP contribution in [0.25, 0.3) is 11.0 Å². The summed E-state index contributed by atoms with van der Waals surface area (Å²) in [5, 5.41) is 4.61. The van der Waals surface area contributed by atoms with Crippen LogP contribution >= 0.6 is 0 Å². The second kappa shape index (κ2) is 5.49. The second-order valence-electron chi connectivity index (χ2n) is 4.28. The summed E-state index contributed by atoms with van der Waals surface area (Å²) in [5.74, 6) is -0.825. The molecule has 2 N–H and O–H groups in total. The molecule has 0 radical (unpaired) electrons. The molecule has 0 fully saturated rings. The third-order valence-electron chi connectivity index (χ3n) is 2.84. The van der Waals surface area contributed by atoms with Crippen LogP contribution in [0.4, 0.5) is 0 Å². The Hall–Kier alpha value is -3.09. The number of para-hydroxylation sites is 1. The molecule has 1 aromatic carbocycles. The molecule has 0 unspecified atom stereocenters. The molecule has 0 spiro atoms. The smallest absolute Gasteiger partial charge is 0.305 e. The molecule has 2 heterocycles. The van der Waals surface area contributed by atoms with Gasteiger partial charge in [-0.3, -0.25) is 20.4 Å². The number of amides is 2. The van der Waals surface area contributed by atoms with Gasteiger partial charge in [0.05, 0.1) is 12.7 Å². The molecule has 7 heteroatoms. The van der Waals surface area contributed by atoms with Crippen LogP contribution in [-0.2, 0) is 11.2 Å². The quantitative estimate of drug-likeness (QED) is 0.709. The predicted octanol–water partition coefficient (Wildman–Crippen LogP) is 1.42. The third-order valence-corrected chi connectivity index (χ3v) is 2.84. The minimum absolute atomic E-state index is 0.00452. The number of benzene rings is 1. The fourth-order valence-corrected chi connectivity index (χ4v) is 1.86. The molecular weight excluding hydrogens is 274 g/mol. The Labute approximate surface area is 118 Å². The van der Waals surface area contributed by atoms with Gasteiger partial charge in [0.25, 0.3) is 0 Å². The van der Waals surface area contributed by atoms with E-state index in [1.807, 2.05) is 18.2 Å². The number of hydrazine groups is 1. The average molecular weight is 285 g/mol. The minimum atomic E-state index is -0.529. The zero-order valence-corrected chi connectivity index (χ0v) is 10.8. The second-order valence-corrected chi connectivity index (χ2v) is 4.28. The number of furan rings is 1. The number of aromatic nitrogens is 1. The molecule has 21 heavy (non-hydrogen) atoms. The first kappa shape index (κ1) is 12.9. The van der Waals surface area contributed by atoms with Crippen molar-refractivity contribution < 1.29 is 18.5 Å². The molecule has 0 aliphatic carbocycles. The molecule has 0 aliphatic rings. The summed E-state index contributed by atoms with van der Waals surface area (Å²) in [6.45, 7) is 0. The summed E-state index contributed by atoms with van der Waals surface area (Å²) < 4.78 is 10.0. The van der Waals surface area contributed by atoms with Crippen molar-refractivity contribution in [1.82, 2.24) is 16.0 Å². The standard InChI is InChI=1S/C14H11N3O4/c18-13(15-16-14(19)12-6-3-7-20-12)8-10-9-4-1-2-5-11(9)21-17-10/h1-7H,8H2,(H,15,18)(H,16,19). The Balaban J connectivity index is 1.60. The number of hydrogen-bond acceptors (Lipinski definition) is 5. The lowest BCUT2D eigenvalue weighted by molar-refractivity contribution is -0.121. The molecule has 0 aliphatic heterocycles. The third kappa shape index (κ3) is 2.76. The number of carbonyl (C=O) groups is 2. The molecule has 106 valence electrons. The van der Waals surface area contributed by atoms with Crippen LogP contribution in [-0.4, -0.2) is 17.0 Å². The fourth-order valence-electron chi connectivity index (χ4n) is 1.86. The highest BCUT2D eigenvalue weighted by molar-refractivity contribution is 5.93. The fraction of sp³-hybridized carbons (Fsp3) is 0.0714. The van der Waals surface area contributed by atoms with Gasteiger partial charge in [-0.2, -0.15) is 0 Å². The van der Waals surface area contributed by atoms with Crippen molar-refractivity contribution in [1.29, 1.82) is 0 Å². The maximum atomic E-state index is 11.8. The first-order valence-corrected chi connectivity index (χ1v) is 6.20. The lowest BCUT2D eigenvalue weighted by Crippen LogP contribution is -2.42. The molecular formula is C14H11N3O4. The number of fused-ring (bicyclic) bond motifs is 1. The lowest BCUT2D eigenvalue weighted by Gasteiger charge is -2.04. The Morgan fingerprint density at radius 2 is 1.95 bits per heavy atom. The van der Waals surface area contributed by atoms with Crippen molar-refractivity contribution in [3.05, 3.63) is 54.1 Å². The summed E-state index contributed by atoms with van der Waals surface area (Å²) in [6.07, 6.45) is 1.37. The largest absolute Gasteiger partial charge is 0.459 e. The van der Waals surface area contributed by atoms with Crippen LogP contribution in [0.2, 0.25) is 0 Å². The molecule has 3 rings (SSSR count). The number of nitrogens with zero attached hydrogens (tertiary/aromatic N) is 1. The summed E-state index contributed by atoms with van der Waals surface area (Å²) in [5.41, 5.74) is 5.67. The van der Waals surface area contributed by atoms with E-state index < -0.39 is 11.8 Å². The number of carbonyl (C=O) groups excluding carboxylic acids is 2. The molecule has 2 aromatic heterocycles. The van der Waals surface area contributed by atoms with Crippen LogP contribution in [0.3, 0.4) is 0 Å². The maximum absolute atomic E-state index is 11.8. The molecule has 0 atom stereocenters. The lowest BCUT2D eigenvalue weighted by atomic mass is 10.2. The van der Waals surface area contributed by atoms with Crippen LogP contribution in [0.5, 0.6) is 0 Å². The van der Waals surface area contributed by atoms with E-state index in [1.165, 1.54) is 12.3 Å². The minimum Gasteiger partial charge on any atom is -0.459 e. The van der Waals surface area contributed by atoms with Crippen LogP contribution in [0.15, 0.2) is 51.6 Å². The summed E-state index contributed by atoms with van der Waals surface area (Å²) >= 11 is 0. The molecule has 0 bridgehead atoms. The van der Waals surface area contributed by atoms with Gasteiger partial charge in [0.1, 0.15) is 5.69 Å². The van der Waals surface area contributed by atoms with E-state index in [9.17, 15) is 9.59 Å². The van der Waals surface area contributed by atoms with Gasteiger partial charge in [0.15, 0.2) is 11.3 Å². The van der Waals surface area contributed by atoms with Crippen molar-refractivity contribution >= 4 is 22.8 Å². The highest BCUT2D eigenvalue weighted by Crippen LogP contribution is 2.17. The van der Waals surface area contributed by atoms with Gasteiger partial charge >= 0.3 is 5.91 Å². The highest BCUT2D eigenvalue weighted by atomic mass is 16.5. The molecule has 7 nitrogen and oxygen atoms in total. The van der Waals surface area contributed by atoms with E-state index in [4.69, 9.17) is 8.94 Å². The van der Waals surface area contributed by atoms with E-state index in [0.29, 0.717) is 11.3 Å². The van der Waals surface area contributed by atoms with E-state index in [1.54, 1.807) is 12.1 Å². The van der Waals surface area contributed by atoms with Crippen molar-refractivity contribution in [3.8, 4) is 0 Å². The van der Waals surface area contributed by atoms with Gasteiger partial charge in [0, 0.05) is 5.39 Å². The number of rotatable bonds is 3. The zero-order chi connectivity index (χ0) is 14.7. The Morgan fingerprint density at radius 1 is 1.10 bits per heavy atom. The summed E-state index contributed by atoms with van der Waals surface area (Å²) in [7, 11) is 0. The van der Waals surface area contributed by atoms with E-state index in [2.05, 4.69) is 16.0 Å². The van der Waals surface area contributed by atoms with Crippen molar-refractivity contribution in [2.45, 2.75) is 6.42 Å². The van der Waals surface area contributed by atoms with Crippen LogP contribution in [0.1, 0.15) is 16.2 Å². The molecule has 0 saturated heterocycles. The number of hydrogen-bond donors (Lipinski definition) is 2. The molecule has 2 amide bonds. The van der Waals surface area contributed by atoms with Gasteiger partial charge in [0.2, 0.25) is 5.91 Å². The van der Waals surface area contributed by atoms with Crippen LogP contribution in [0, 0.1) is 0 Å². The average Bonchev–Trinajstić information content (AvgIpc) is 3.15. The van der Waals surface area contributed by atoms with E-state index in [-0.39, 0.29) is 12.2 Å². The first-order chi connectivity index (χ1) is 10.2. The van der Waals surface area contributed by atoms with Gasteiger partial charge in [-0.15, -0.1) is 0 Å². The Kier molecular flexibility index (Phi) is 3.38. The van der Waals surface area contributed by atoms with Gasteiger partial charge in [-0.05, 0) is 24.3 Å². The van der Waals surface area contributed by atoms with Crippen molar-refractivity contribution in [2.24, 2.45) is 0 Å². The van der Waals surface area contributed by atoms with Gasteiger partial charge in [-0.1, -0.05) is 17.3 Å². The monoisotopic (exact) mass is 285 g/mol. The zero-order valence-electron chi connectivity index (χ0n) is 10.8. The SMILES string of the molecule is O=C(Cc1noc2ccccc12)NNC(=O)c1ccco1. The Morgan fingerprint density at radius 3 is 2.76 bits per heavy atom. The van der Waals surface area contributed by atoms with Gasteiger partial charge < -0.3 is 8.94 Å². The van der Waals surface area contributed by atoms with Crippen molar-refractivity contribution in [3.63, 3.8) is 0 Å². The first-order valence-electron chi connectivity index (χ1n) is 6.20. The Bertz CT molecular complexity index is 776.